The van der Waals surface area contributed by atoms with Crippen LogP contribution < -0.4 is 4.74 Å². The summed E-state index contributed by atoms with van der Waals surface area (Å²) in [5.41, 5.74) is 1.89. The van der Waals surface area contributed by atoms with E-state index < -0.39 is 0 Å². The third kappa shape index (κ3) is 4.07. The van der Waals surface area contributed by atoms with Gasteiger partial charge in [0.2, 0.25) is 0 Å². The molecule has 0 saturated carbocycles. The van der Waals surface area contributed by atoms with Gasteiger partial charge in [-0.25, -0.2) is 0 Å². The number of methoxy groups -OCH3 is 1. The zero-order chi connectivity index (χ0) is 20.1. The number of rotatable bonds is 8. The second kappa shape index (κ2) is 9.24. The van der Waals surface area contributed by atoms with Crippen LogP contribution in [0, 0.1) is 0 Å². The number of likely N-dealkylation sites (N-methyl/N-ethyl adjacent to an activating group) is 1. The van der Waals surface area contributed by atoms with Gasteiger partial charge in [0.05, 0.1) is 12.7 Å². The van der Waals surface area contributed by atoms with E-state index in [-0.39, 0.29) is 11.8 Å². The number of amides is 2. The second-order valence-corrected chi connectivity index (χ2v) is 7.34. The lowest BCUT2D eigenvalue weighted by Gasteiger charge is -2.36. The highest BCUT2D eigenvalue weighted by atomic mass is 16.5. The number of piperazine rings is 1. The first-order valence-corrected chi connectivity index (χ1v) is 10.3. The van der Waals surface area contributed by atoms with Gasteiger partial charge < -0.3 is 14.5 Å². The zero-order valence-corrected chi connectivity index (χ0v) is 17.2. The molecular formula is C22H31N3O3. The second-order valence-electron chi connectivity index (χ2n) is 7.34. The molecule has 1 saturated heterocycles. The van der Waals surface area contributed by atoms with Gasteiger partial charge in [-0.1, -0.05) is 38.8 Å². The van der Waals surface area contributed by atoms with E-state index >= 15 is 0 Å². The molecule has 1 aromatic rings. The van der Waals surface area contributed by atoms with Crippen molar-refractivity contribution >= 4 is 17.4 Å². The highest BCUT2D eigenvalue weighted by molar-refractivity contribution is 6.35. The quantitative estimate of drug-likeness (QED) is 0.509. The molecule has 2 aliphatic rings. The summed E-state index contributed by atoms with van der Waals surface area (Å²) in [6, 6.07) is 7.42. The lowest BCUT2D eigenvalue weighted by atomic mass is 10.0. The van der Waals surface area contributed by atoms with Gasteiger partial charge in [0, 0.05) is 32.7 Å². The van der Waals surface area contributed by atoms with E-state index in [0.29, 0.717) is 17.8 Å². The fraction of sp³-hybridized carbons (Fsp3) is 0.545. The number of hydrogen-bond acceptors (Lipinski definition) is 5. The molecular weight excluding hydrogens is 354 g/mol. The van der Waals surface area contributed by atoms with Gasteiger partial charge in [-0.15, -0.1) is 0 Å². The van der Waals surface area contributed by atoms with Crippen molar-refractivity contribution < 1.29 is 14.3 Å². The summed E-state index contributed by atoms with van der Waals surface area (Å²) < 4.78 is 5.24. The largest absolute Gasteiger partial charge is 0.497 e. The molecule has 0 bridgehead atoms. The fourth-order valence-corrected chi connectivity index (χ4v) is 3.89. The van der Waals surface area contributed by atoms with E-state index in [0.717, 1.165) is 63.3 Å². The maximum Gasteiger partial charge on any atom is 0.277 e. The average molecular weight is 386 g/mol. The summed E-state index contributed by atoms with van der Waals surface area (Å²) >= 11 is 0. The number of unbranched alkanes of at least 4 members (excludes halogenated alkanes) is 2. The van der Waals surface area contributed by atoms with Crippen LogP contribution in [0.3, 0.4) is 0 Å². The predicted octanol–water partition coefficient (Wildman–Crippen LogP) is 2.60. The smallest absolute Gasteiger partial charge is 0.277 e. The van der Waals surface area contributed by atoms with Crippen LogP contribution in [0.5, 0.6) is 5.75 Å². The predicted molar refractivity (Wildman–Crippen MR) is 110 cm³/mol. The van der Waals surface area contributed by atoms with E-state index in [1.165, 1.54) is 4.90 Å². The van der Waals surface area contributed by atoms with Crippen LogP contribution in [0.25, 0.3) is 5.57 Å². The number of hydrogen-bond donors (Lipinski definition) is 0. The van der Waals surface area contributed by atoms with Crippen molar-refractivity contribution in [2.45, 2.75) is 33.1 Å². The molecule has 0 unspecified atom stereocenters. The highest BCUT2D eigenvalue weighted by Gasteiger charge is 2.41. The normalized spacial score (nSPS) is 18.4. The zero-order valence-electron chi connectivity index (χ0n) is 17.2. The Kier molecular flexibility index (Phi) is 6.73. The number of imide groups is 1. The molecule has 6 heteroatoms. The Hall–Kier alpha value is -2.34. The van der Waals surface area contributed by atoms with Crippen molar-refractivity contribution in [3.8, 4) is 5.75 Å². The minimum Gasteiger partial charge on any atom is -0.497 e. The van der Waals surface area contributed by atoms with Gasteiger partial charge in [0.25, 0.3) is 11.8 Å². The molecule has 0 spiro atoms. The van der Waals surface area contributed by atoms with Crippen LogP contribution in [0.1, 0.15) is 38.7 Å². The van der Waals surface area contributed by atoms with Crippen molar-refractivity contribution in [2.75, 3.05) is 46.4 Å². The summed E-state index contributed by atoms with van der Waals surface area (Å²) in [5.74, 6) is 0.426. The Balaban J connectivity index is 1.93. The van der Waals surface area contributed by atoms with Crippen LogP contribution in [-0.4, -0.2) is 72.9 Å². The number of carbonyl (C=O) groups excluding carboxylic acids is 2. The van der Waals surface area contributed by atoms with Crippen molar-refractivity contribution in [3.05, 3.63) is 35.5 Å². The van der Waals surface area contributed by atoms with Gasteiger partial charge >= 0.3 is 0 Å². The van der Waals surface area contributed by atoms with Crippen LogP contribution >= 0.6 is 0 Å². The van der Waals surface area contributed by atoms with E-state index in [4.69, 9.17) is 4.74 Å². The van der Waals surface area contributed by atoms with Crippen molar-refractivity contribution in [3.63, 3.8) is 0 Å². The van der Waals surface area contributed by atoms with Gasteiger partial charge in [-0.3, -0.25) is 14.5 Å². The van der Waals surface area contributed by atoms with Crippen LogP contribution in [0.2, 0.25) is 0 Å². The molecule has 0 N–H and O–H groups in total. The summed E-state index contributed by atoms with van der Waals surface area (Å²) in [6.07, 6.45) is 2.92. The van der Waals surface area contributed by atoms with Crippen LogP contribution in [0.15, 0.2) is 30.0 Å². The van der Waals surface area contributed by atoms with E-state index in [1.807, 2.05) is 24.3 Å². The Bertz CT molecular complexity index is 734. The van der Waals surface area contributed by atoms with Gasteiger partial charge in [-0.05, 0) is 30.7 Å². The van der Waals surface area contributed by atoms with Crippen molar-refractivity contribution in [1.82, 2.24) is 14.7 Å². The van der Waals surface area contributed by atoms with Crippen LogP contribution in [0.4, 0.5) is 0 Å². The highest BCUT2D eigenvalue weighted by Crippen LogP contribution is 2.33. The number of carbonyl (C=O) groups is 2. The summed E-state index contributed by atoms with van der Waals surface area (Å²) in [5, 5.41) is 0. The van der Waals surface area contributed by atoms with E-state index in [9.17, 15) is 9.59 Å². The maximum atomic E-state index is 13.2. The van der Waals surface area contributed by atoms with Crippen molar-refractivity contribution in [2.24, 2.45) is 0 Å². The number of nitrogens with zero attached hydrogens (tertiary/aromatic N) is 3. The first-order valence-electron chi connectivity index (χ1n) is 10.3. The molecule has 152 valence electrons. The Morgan fingerprint density at radius 3 is 2.18 bits per heavy atom. The maximum absolute atomic E-state index is 13.2. The molecule has 2 aliphatic heterocycles. The van der Waals surface area contributed by atoms with E-state index in [2.05, 4.69) is 23.6 Å². The monoisotopic (exact) mass is 385 g/mol. The Labute approximate surface area is 167 Å². The lowest BCUT2D eigenvalue weighted by Crippen LogP contribution is -2.47. The molecule has 0 aliphatic carbocycles. The first-order chi connectivity index (χ1) is 13.6. The fourth-order valence-electron chi connectivity index (χ4n) is 3.89. The molecule has 6 nitrogen and oxygen atoms in total. The molecule has 1 aromatic carbocycles. The molecule has 0 atom stereocenters. The minimum atomic E-state index is -0.167. The topological polar surface area (TPSA) is 53.1 Å². The summed E-state index contributed by atoms with van der Waals surface area (Å²) in [6.45, 7) is 9.12. The van der Waals surface area contributed by atoms with Gasteiger partial charge in [0.1, 0.15) is 11.4 Å². The number of ether oxygens (including phenoxy) is 1. The Morgan fingerprint density at radius 2 is 1.61 bits per heavy atom. The van der Waals surface area contributed by atoms with E-state index in [1.54, 1.807) is 7.11 Å². The lowest BCUT2D eigenvalue weighted by molar-refractivity contribution is -0.137. The van der Waals surface area contributed by atoms with Crippen LogP contribution in [-0.2, 0) is 9.59 Å². The summed E-state index contributed by atoms with van der Waals surface area (Å²) in [4.78, 5) is 32.4. The molecule has 1 fully saturated rings. The number of benzene rings is 1. The average Bonchev–Trinajstić information content (AvgIpc) is 2.98. The molecule has 0 aromatic heterocycles. The standard InChI is InChI=1S/C22H31N3O3/c1-4-6-7-12-25-21(26)19(17-8-10-18(28-3)11-9-17)20(22(25)27)24-15-13-23(5-2)14-16-24/h8-11H,4-7,12-16H2,1-3H3. The van der Waals surface area contributed by atoms with Gasteiger partial charge in [0.15, 0.2) is 0 Å². The first kappa shape index (κ1) is 20.4. The van der Waals surface area contributed by atoms with Gasteiger partial charge in [-0.2, -0.15) is 0 Å². The molecule has 2 amide bonds. The summed E-state index contributed by atoms with van der Waals surface area (Å²) in [7, 11) is 1.62. The molecule has 3 rings (SSSR count). The Morgan fingerprint density at radius 1 is 0.929 bits per heavy atom. The molecule has 0 radical (unpaired) electrons. The third-order valence-corrected chi connectivity index (χ3v) is 5.64. The van der Waals surface area contributed by atoms with Crippen molar-refractivity contribution in [1.29, 1.82) is 0 Å². The molecule has 2 heterocycles. The SMILES string of the molecule is CCCCCN1C(=O)C(c2ccc(OC)cc2)=C(N2CCN(CC)CC2)C1=O. The third-order valence-electron chi connectivity index (χ3n) is 5.64. The minimum absolute atomic E-state index is 0.142. The molecule has 28 heavy (non-hydrogen) atoms.